The number of aromatic amines is 1. The number of hydrogen-bond acceptors (Lipinski definition) is 4. The van der Waals surface area contributed by atoms with Crippen LogP contribution in [-0.2, 0) is 0 Å². The third-order valence-corrected chi connectivity index (χ3v) is 4.74. The molecule has 5 nitrogen and oxygen atoms in total. The van der Waals surface area contributed by atoms with Crippen LogP contribution in [0.3, 0.4) is 0 Å². The number of fused-ring (bicyclic) bond motifs is 2. The van der Waals surface area contributed by atoms with Crippen molar-refractivity contribution in [3.63, 3.8) is 0 Å². The lowest BCUT2D eigenvalue weighted by molar-refractivity contribution is 0.457. The number of aromatic hydroxyl groups is 1. The molecule has 0 aliphatic carbocycles. The molecular formula is C23H16N4O. The fourth-order valence-corrected chi connectivity index (χ4v) is 3.33. The normalized spacial score (nSPS) is 13.7. The predicted octanol–water partition coefficient (Wildman–Crippen LogP) is 3.15. The van der Waals surface area contributed by atoms with E-state index in [1.54, 1.807) is 12.4 Å². The molecule has 3 heterocycles. The van der Waals surface area contributed by atoms with Crippen molar-refractivity contribution in [3.8, 4) is 5.88 Å². The third kappa shape index (κ3) is 2.89. The summed E-state index contributed by atoms with van der Waals surface area (Å²) in [6.07, 6.45) is 9.44. The van der Waals surface area contributed by atoms with Crippen LogP contribution in [0, 0.1) is 0 Å². The Bertz CT molecular complexity index is 1370. The van der Waals surface area contributed by atoms with Crippen molar-refractivity contribution in [1.29, 1.82) is 0 Å². The molecule has 0 bridgehead atoms. The van der Waals surface area contributed by atoms with Gasteiger partial charge in [0, 0.05) is 34.4 Å². The highest BCUT2D eigenvalue weighted by Gasteiger charge is 2.10. The van der Waals surface area contributed by atoms with Gasteiger partial charge in [-0.3, -0.25) is 4.98 Å². The zero-order valence-electron chi connectivity index (χ0n) is 14.9. The lowest BCUT2D eigenvalue weighted by Crippen LogP contribution is -2.15. The van der Waals surface area contributed by atoms with Crippen LogP contribution in [-0.4, -0.2) is 20.8 Å². The Labute approximate surface area is 160 Å². The quantitative estimate of drug-likeness (QED) is 0.586. The van der Waals surface area contributed by atoms with E-state index < -0.39 is 0 Å². The average molecular weight is 364 g/mol. The SMILES string of the molecule is Oc1[nH]c2ccccc2c1C=c1ccc2c(c1)C(/C=C/c1ccncc1)=NN=2. The second kappa shape index (κ2) is 6.63. The molecule has 134 valence electrons. The van der Waals surface area contributed by atoms with Crippen molar-refractivity contribution in [2.45, 2.75) is 0 Å². The predicted molar refractivity (Wildman–Crippen MR) is 111 cm³/mol. The van der Waals surface area contributed by atoms with Gasteiger partial charge < -0.3 is 10.1 Å². The number of pyridine rings is 1. The van der Waals surface area contributed by atoms with Gasteiger partial charge in [0.05, 0.1) is 11.1 Å². The maximum Gasteiger partial charge on any atom is 0.196 e. The van der Waals surface area contributed by atoms with E-state index in [4.69, 9.17) is 0 Å². The van der Waals surface area contributed by atoms with Crippen LogP contribution in [0.1, 0.15) is 16.7 Å². The molecule has 2 N–H and O–H groups in total. The second-order valence-electron chi connectivity index (χ2n) is 6.55. The van der Waals surface area contributed by atoms with Gasteiger partial charge in [-0.1, -0.05) is 30.3 Å². The van der Waals surface area contributed by atoms with Gasteiger partial charge >= 0.3 is 0 Å². The summed E-state index contributed by atoms with van der Waals surface area (Å²) < 4.78 is 0. The molecule has 5 heteroatoms. The Kier molecular flexibility index (Phi) is 3.84. The summed E-state index contributed by atoms with van der Waals surface area (Å²) in [6.45, 7) is 0. The van der Waals surface area contributed by atoms with E-state index in [9.17, 15) is 5.11 Å². The molecule has 0 spiro atoms. The summed E-state index contributed by atoms with van der Waals surface area (Å²) >= 11 is 0. The molecule has 0 amide bonds. The fraction of sp³-hybridized carbons (Fsp3) is 0. The number of para-hydroxylation sites is 1. The molecule has 0 radical (unpaired) electrons. The summed E-state index contributed by atoms with van der Waals surface area (Å²) in [5, 5.41) is 21.7. The molecule has 28 heavy (non-hydrogen) atoms. The van der Waals surface area contributed by atoms with Crippen LogP contribution >= 0.6 is 0 Å². The van der Waals surface area contributed by atoms with E-state index in [1.807, 2.05) is 72.8 Å². The first-order valence-corrected chi connectivity index (χ1v) is 8.93. The first kappa shape index (κ1) is 16.2. The zero-order valence-corrected chi connectivity index (χ0v) is 14.9. The smallest absolute Gasteiger partial charge is 0.196 e. The van der Waals surface area contributed by atoms with Crippen LogP contribution < -0.4 is 10.6 Å². The summed E-state index contributed by atoms with van der Waals surface area (Å²) in [5.74, 6) is 0.165. The van der Waals surface area contributed by atoms with E-state index >= 15 is 0 Å². The number of hydrogen-bond donors (Lipinski definition) is 2. The Hall–Kier alpha value is -3.99. The molecule has 0 saturated heterocycles. The Balaban J connectivity index is 1.55. The number of allylic oxidation sites excluding steroid dienone is 1. The largest absolute Gasteiger partial charge is 0.494 e. The Morgan fingerprint density at radius 3 is 2.64 bits per heavy atom. The summed E-state index contributed by atoms with van der Waals surface area (Å²) in [5.41, 5.74) is 4.52. The van der Waals surface area contributed by atoms with Gasteiger partial charge in [-0.25, -0.2) is 0 Å². The number of nitrogens with zero attached hydrogens (tertiary/aromatic N) is 3. The van der Waals surface area contributed by atoms with Crippen LogP contribution in [0.2, 0.25) is 0 Å². The highest BCUT2D eigenvalue weighted by Crippen LogP contribution is 2.27. The van der Waals surface area contributed by atoms with Gasteiger partial charge in [0.25, 0.3) is 0 Å². The minimum absolute atomic E-state index is 0.165. The van der Waals surface area contributed by atoms with E-state index in [2.05, 4.69) is 20.2 Å². The lowest BCUT2D eigenvalue weighted by Gasteiger charge is -1.97. The fourth-order valence-electron chi connectivity index (χ4n) is 3.33. The standard InChI is InChI=1S/C23H16N4O/c28-23-18(17-3-1-2-4-20(17)25-23)13-16-6-8-22-19(14-16)21(26-27-22)7-5-15-9-11-24-12-10-15/h1-14,25,28H/b7-5+,16-13?. The Morgan fingerprint density at radius 2 is 1.75 bits per heavy atom. The van der Waals surface area contributed by atoms with Gasteiger partial charge in [0.15, 0.2) is 5.88 Å². The van der Waals surface area contributed by atoms with E-state index in [0.717, 1.165) is 43.9 Å². The zero-order chi connectivity index (χ0) is 18.9. The van der Waals surface area contributed by atoms with Gasteiger partial charge in [0.1, 0.15) is 0 Å². The molecule has 0 saturated carbocycles. The molecule has 1 aliphatic heterocycles. The summed E-state index contributed by atoms with van der Waals surface area (Å²) in [4.78, 5) is 7.04. The van der Waals surface area contributed by atoms with Crippen LogP contribution in [0.4, 0.5) is 0 Å². The first-order valence-electron chi connectivity index (χ1n) is 8.93. The Morgan fingerprint density at radius 1 is 0.893 bits per heavy atom. The van der Waals surface area contributed by atoms with Crippen molar-refractivity contribution in [1.82, 2.24) is 9.97 Å². The van der Waals surface area contributed by atoms with Crippen LogP contribution in [0.5, 0.6) is 5.88 Å². The highest BCUT2D eigenvalue weighted by atomic mass is 16.3. The molecule has 2 aromatic carbocycles. The maximum atomic E-state index is 10.3. The second-order valence-corrected chi connectivity index (χ2v) is 6.55. The highest BCUT2D eigenvalue weighted by molar-refractivity contribution is 6.11. The van der Waals surface area contributed by atoms with E-state index in [0.29, 0.717) is 0 Å². The number of rotatable bonds is 3. The van der Waals surface area contributed by atoms with Gasteiger partial charge in [-0.15, -0.1) is 10.2 Å². The van der Waals surface area contributed by atoms with Crippen molar-refractivity contribution >= 4 is 28.8 Å². The van der Waals surface area contributed by atoms with E-state index in [1.165, 1.54) is 0 Å². The van der Waals surface area contributed by atoms with Gasteiger partial charge in [-0.2, -0.15) is 0 Å². The van der Waals surface area contributed by atoms with Crippen LogP contribution in [0.15, 0.2) is 83.3 Å². The molecule has 0 unspecified atom stereocenters. The van der Waals surface area contributed by atoms with Gasteiger partial charge in [-0.05, 0) is 53.3 Å². The topological polar surface area (TPSA) is 73.6 Å². The third-order valence-electron chi connectivity index (χ3n) is 4.74. The van der Waals surface area contributed by atoms with Crippen molar-refractivity contribution < 1.29 is 5.11 Å². The molecule has 4 aromatic rings. The van der Waals surface area contributed by atoms with Crippen molar-refractivity contribution in [2.75, 3.05) is 0 Å². The summed E-state index contributed by atoms with van der Waals surface area (Å²) in [7, 11) is 0. The van der Waals surface area contributed by atoms with Gasteiger partial charge in [0.2, 0.25) is 0 Å². The molecule has 0 fully saturated rings. The minimum Gasteiger partial charge on any atom is -0.494 e. The van der Waals surface area contributed by atoms with Crippen molar-refractivity contribution in [2.24, 2.45) is 10.2 Å². The van der Waals surface area contributed by atoms with Crippen LogP contribution in [0.25, 0.3) is 23.1 Å². The summed E-state index contributed by atoms with van der Waals surface area (Å²) in [6, 6.07) is 17.7. The number of aromatic nitrogens is 2. The number of benzene rings is 2. The molecule has 0 atom stereocenters. The number of nitrogens with one attached hydrogen (secondary N) is 1. The van der Waals surface area contributed by atoms with Crippen molar-refractivity contribution in [3.05, 3.63) is 100 Å². The molecule has 1 aliphatic rings. The first-order chi connectivity index (χ1) is 13.8. The molecule has 2 aromatic heterocycles. The molecule has 5 rings (SSSR count). The lowest BCUT2D eigenvalue weighted by atomic mass is 10.1. The number of H-pyrrole nitrogens is 1. The molecular weight excluding hydrogens is 348 g/mol. The monoisotopic (exact) mass is 364 g/mol. The average Bonchev–Trinajstić information content (AvgIpc) is 3.28. The maximum absolute atomic E-state index is 10.3. The van der Waals surface area contributed by atoms with E-state index in [-0.39, 0.29) is 5.88 Å². The minimum atomic E-state index is 0.165.